The van der Waals surface area contributed by atoms with E-state index in [0.29, 0.717) is 44.0 Å². The van der Waals surface area contributed by atoms with Gasteiger partial charge in [-0.2, -0.15) is 23.1 Å². The number of benzene rings is 2. The molecule has 3 fully saturated rings. The summed E-state index contributed by atoms with van der Waals surface area (Å²) < 4.78 is 80.8. The third kappa shape index (κ3) is 8.01. The molecule has 270 valence electrons. The normalized spacial score (nSPS) is 20.5. The summed E-state index contributed by atoms with van der Waals surface area (Å²) >= 11 is 0. The summed E-state index contributed by atoms with van der Waals surface area (Å²) in [5, 5.41) is 3.28. The van der Waals surface area contributed by atoms with Gasteiger partial charge < -0.3 is 25.4 Å². The minimum absolute atomic E-state index is 0.00909. The summed E-state index contributed by atoms with van der Waals surface area (Å²) in [7, 11) is -3.62. The van der Waals surface area contributed by atoms with E-state index in [1.807, 2.05) is 4.90 Å². The number of esters is 1. The minimum Gasteiger partial charge on any atom is -0.465 e. The van der Waals surface area contributed by atoms with Crippen LogP contribution in [0.5, 0.6) is 5.88 Å². The maximum atomic E-state index is 15.0. The fourth-order valence-corrected chi connectivity index (χ4v) is 8.30. The predicted molar refractivity (Wildman–Crippen MR) is 184 cm³/mol. The lowest BCUT2D eigenvalue weighted by molar-refractivity contribution is -0.198. The van der Waals surface area contributed by atoms with E-state index in [-0.39, 0.29) is 51.2 Å². The monoisotopic (exact) mass is 715 g/mol. The number of rotatable bonds is 9. The zero-order chi connectivity index (χ0) is 35.7. The molecule has 3 aliphatic rings. The van der Waals surface area contributed by atoms with Crippen LogP contribution in [0.2, 0.25) is 0 Å². The van der Waals surface area contributed by atoms with E-state index in [9.17, 15) is 13.2 Å². The Balaban J connectivity index is 1.29. The molecule has 1 aliphatic carbocycles. The molecule has 50 heavy (non-hydrogen) atoms. The number of carbonyl (C=O) groups is 1. The van der Waals surface area contributed by atoms with Crippen molar-refractivity contribution in [2.75, 3.05) is 43.1 Å². The van der Waals surface area contributed by atoms with Crippen molar-refractivity contribution in [3.8, 4) is 17.0 Å². The van der Waals surface area contributed by atoms with Gasteiger partial charge in [-0.3, -0.25) is 4.79 Å². The Kier molecular flexibility index (Phi) is 10.3. The molecule has 2 aliphatic heterocycles. The van der Waals surface area contributed by atoms with Crippen molar-refractivity contribution in [3.05, 3.63) is 59.7 Å². The van der Waals surface area contributed by atoms with Crippen molar-refractivity contribution in [1.29, 1.82) is 0 Å². The average Bonchev–Trinajstić information content (AvgIpc) is 3.50. The van der Waals surface area contributed by atoms with Crippen LogP contribution in [0, 0.1) is 5.41 Å². The van der Waals surface area contributed by atoms with Crippen LogP contribution in [0.3, 0.4) is 0 Å². The number of nitrogens with one attached hydrogen (secondary N) is 1. The van der Waals surface area contributed by atoms with Gasteiger partial charge >= 0.3 is 12.1 Å². The number of nitrogens with two attached hydrogens (primary N) is 1. The van der Waals surface area contributed by atoms with E-state index in [2.05, 4.69) is 15.3 Å². The molecule has 3 aromatic rings. The SMILES string of the molecule is CCOC(=O)[C@@H]1CC2(CCN(c3cc(O[C@H](c4ccc(C5CCCCC5)cc4-c4cccc(S(C)(=O)=O)c4)C(F)(F)F)nc(N)n3)CC2)CN1. The molecule has 10 nitrogen and oxygen atoms in total. The molecule has 6 rings (SSSR count). The van der Waals surface area contributed by atoms with Gasteiger partial charge in [0.25, 0.3) is 0 Å². The smallest absolute Gasteiger partial charge is 0.429 e. The largest absolute Gasteiger partial charge is 0.465 e. The van der Waals surface area contributed by atoms with Crippen LogP contribution in [0.4, 0.5) is 24.9 Å². The Morgan fingerprint density at radius 3 is 2.50 bits per heavy atom. The van der Waals surface area contributed by atoms with Gasteiger partial charge in [-0.1, -0.05) is 49.6 Å². The topological polar surface area (TPSA) is 137 Å². The lowest BCUT2D eigenvalue weighted by atomic mass is 9.76. The minimum atomic E-state index is -4.86. The Labute approximate surface area is 290 Å². The van der Waals surface area contributed by atoms with E-state index in [4.69, 9.17) is 15.2 Å². The Hall–Kier alpha value is -3.91. The van der Waals surface area contributed by atoms with Crippen LogP contribution in [-0.4, -0.2) is 69.1 Å². The van der Waals surface area contributed by atoms with E-state index in [1.54, 1.807) is 25.1 Å². The second kappa shape index (κ2) is 14.4. The lowest BCUT2D eigenvalue weighted by Gasteiger charge is -2.39. The number of carbonyl (C=O) groups excluding carboxylic acids is 1. The summed E-state index contributed by atoms with van der Waals surface area (Å²) in [5.74, 6) is -0.260. The van der Waals surface area contributed by atoms with E-state index >= 15 is 13.2 Å². The van der Waals surface area contributed by atoms with Crippen LogP contribution in [0.15, 0.2) is 53.4 Å². The summed E-state index contributed by atoms with van der Waals surface area (Å²) in [6, 6.07) is 11.9. The van der Waals surface area contributed by atoms with Crippen molar-refractivity contribution in [3.63, 3.8) is 0 Å². The molecule has 0 amide bonds. The zero-order valence-corrected chi connectivity index (χ0v) is 29.2. The lowest BCUT2D eigenvalue weighted by Crippen LogP contribution is -2.41. The molecular weight excluding hydrogens is 671 g/mol. The molecule has 1 aromatic heterocycles. The number of piperidine rings is 1. The number of halogens is 3. The van der Waals surface area contributed by atoms with Crippen LogP contribution in [0.25, 0.3) is 11.1 Å². The van der Waals surface area contributed by atoms with Gasteiger partial charge in [-0.15, -0.1) is 0 Å². The first-order valence-electron chi connectivity index (χ1n) is 17.2. The van der Waals surface area contributed by atoms with Crippen LogP contribution >= 0.6 is 0 Å². The molecule has 2 atom stereocenters. The van der Waals surface area contributed by atoms with Gasteiger partial charge in [0.15, 0.2) is 9.84 Å². The second-order valence-electron chi connectivity index (χ2n) is 13.8. The number of alkyl halides is 3. The highest BCUT2D eigenvalue weighted by Gasteiger charge is 2.46. The first-order valence-corrected chi connectivity index (χ1v) is 19.1. The highest BCUT2D eigenvalue weighted by Crippen LogP contribution is 2.45. The zero-order valence-electron chi connectivity index (χ0n) is 28.3. The number of hydrogen-bond acceptors (Lipinski definition) is 10. The summed E-state index contributed by atoms with van der Waals surface area (Å²) in [5.41, 5.74) is 7.28. The number of sulfone groups is 1. The Bertz CT molecular complexity index is 1810. The fourth-order valence-electron chi connectivity index (χ4n) is 7.63. The molecule has 0 radical (unpaired) electrons. The van der Waals surface area contributed by atoms with Crippen LogP contribution in [0.1, 0.15) is 81.4 Å². The quantitative estimate of drug-likeness (QED) is 0.241. The molecular formula is C36H44F3N5O5S. The van der Waals surface area contributed by atoms with Gasteiger partial charge in [-0.05, 0) is 79.2 Å². The van der Waals surface area contributed by atoms with Crippen molar-refractivity contribution in [1.82, 2.24) is 15.3 Å². The van der Waals surface area contributed by atoms with Gasteiger partial charge in [0.05, 0.1) is 11.5 Å². The maximum Gasteiger partial charge on any atom is 0.429 e. The first kappa shape index (κ1) is 35.9. The number of nitrogens with zero attached hydrogens (tertiary/aromatic N) is 3. The number of hydrogen-bond donors (Lipinski definition) is 2. The Morgan fingerprint density at radius 1 is 1.08 bits per heavy atom. The standard InChI is InChI=1S/C36H44F3N5O5S/c1-3-48-33(45)29-21-35(22-41-29)14-16-44(17-15-35)30-20-31(43-34(40)42-30)49-32(36(37,38)39)27-13-12-24(23-8-5-4-6-9-23)19-28(27)25-10-7-11-26(18-25)50(2,46)47/h7,10-13,18-20,23,29,32,41H,3-6,8-9,14-17,21-22H2,1-2H3,(H2,40,42,43)/t29-,32+/m0/s1. The van der Waals surface area contributed by atoms with Gasteiger partial charge in [-0.25, -0.2) is 8.42 Å². The maximum absolute atomic E-state index is 15.0. The van der Waals surface area contributed by atoms with Gasteiger partial charge in [0, 0.05) is 37.5 Å². The molecule has 3 N–H and O–H groups in total. The van der Waals surface area contributed by atoms with Crippen molar-refractivity contribution in [2.45, 2.75) is 87.4 Å². The van der Waals surface area contributed by atoms with Crippen molar-refractivity contribution >= 4 is 27.6 Å². The molecule has 1 saturated carbocycles. The van der Waals surface area contributed by atoms with Gasteiger partial charge in [0.2, 0.25) is 17.9 Å². The fraction of sp³-hybridized carbons (Fsp3) is 0.528. The molecule has 14 heteroatoms. The summed E-state index contributed by atoms with van der Waals surface area (Å²) in [4.78, 5) is 22.6. The molecule has 3 heterocycles. The van der Waals surface area contributed by atoms with Gasteiger partial charge in [0.1, 0.15) is 11.9 Å². The van der Waals surface area contributed by atoms with Crippen molar-refractivity contribution in [2.24, 2.45) is 5.41 Å². The first-order chi connectivity index (χ1) is 23.7. The molecule has 0 unspecified atom stereocenters. The number of nitrogen functional groups attached to an aromatic ring is 1. The van der Waals surface area contributed by atoms with Crippen LogP contribution in [-0.2, 0) is 19.4 Å². The average molecular weight is 716 g/mol. The van der Waals surface area contributed by atoms with E-state index in [0.717, 1.165) is 56.8 Å². The molecule has 1 spiro atoms. The predicted octanol–water partition coefficient (Wildman–Crippen LogP) is 6.37. The number of ether oxygens (including phenoxy) is 2. The summed E-state index contributed by atoms with van der Waals surface area (Å²) in [6.07, 6.45) is 0.981. The van der Waals surface area contributed by atoms with E-state index in [1.165, 1.54) is 30.3 Å². The second-order valence-corrected chi connectivity index (χ2v) is 15.8. The van der Waals surface area contributed by atoms with E-state index < -0.39 is 22.1 Å². The number of aromatic nitrogens is 2. The van der Waals surface area contributed by atoms with Crippen LogP contribution < -0.4 is 20.7 Å². The highest BCUT2D eigenvalue weighted by molar-refractivity contribution is 7.90. The highest BCUT2D eigenvalue weighted by atomic mass is 32.2. The number of anilines is 2. The third-order valence-electron chi connectivity index (χ3n) is 10.3. The van der Waals surface area contributed by atoms with Crippen molar-refractivity contribution < 1.29 is 35.9 Å². The summed E-state index contributed by atoms with van der Waals surface area (Å²) in [6.45, 7) is 3.87. The molecule has 0 bridgehead atoms. The Morgan fingerprint density at radius 2 is 1.82 bits per heavy atom. The molecule has 2 saturated heterocycles. The third-order valence-corrected chi connectivity index (χ3v) is 11.4. The molecule has 2 aromatic carbocycles.